The number of aromatic nitrogens is 3. The summed E-state index contributed by atoms with van der Waals surface area (Å²) >= 11 is 0. The second kappa shape index (κ2) is 7.01. The van der Waals surface area contributed by atoms with E-state index in [2.05, 4.69) is 28.4 Å². The van der Waals surface area contributed by atoms with Gasteiger partial charge in [0.15, 0.2) is 0 Å². The Bertz CT molecular complexity index is 510. The number of pyridine rings is 1. The number of aryl methyl sites for hydroxylation is 1. The van der Waals surface area contributed by atoms with Gasteiger partial charge in [-0.2, -0.15) is 5.10 Å². The van der Waals surface area contributed by atoms with E-state index in [9.17, 15) is 0 Å². The summed E-state index contributed by atoms with van der Waals surface area (Å²) in [4.78, 5) is 4.40. The normalized spacial score (nSPS) is 10.8. The van der Waals surface area contributed by atoms with Gasteiger partial charge in [0.2, 0.25) is 0 Å². The molecule has 0 aliphatic rings. The summed E-state index contributed by atoms with van der Waals surface area (Å²) in [6, 6.07) is 4.09. The molecule has 0 saturated heterocycles. The van der Waals surface area contributed by atoms with Gasteiger partial charge in [-0.15, -0.1) is 0 Å². The monoisotopic (exact) mass is 260 g/mol. The van der Waals surface area contributed by atoms with Crippen molar-refractivity contribution in [2.75, 3.05) is 6.61 Å². The molecule has 0 saturated carbocycles. The van der Waals surface area contributed by atoms with Crippen molar-refractivity contribution < 1.29 is 5.11 Å². The van der Waals surface area contributed by atoms with Gasteiger partial charge in [-0.3, -0.25) is 9.67 Å². The average molecular weight is 260 g/mol. The molecule has 0 radical (unpaired) electrons. The number of hydrogen-bond acceptors (Lipinski definition) is 4. The van der Waals surface area contributed by atoms with Crippen LogP contribution in [0.2, 0.25) is 0 Å². The highest BCUT2D eigenvalue weighted by atomic mass is 16.3. The SMILES string of the molecule is CCc1cccnc1CNCc1cnn(CCO)c1. The van der Waals surface area contributed by atoms with Crippen LogP contribution in [0.4, 0.5) is 0 Å². The van der Waals surface area contributed by atoms with E-state index in [-0.39, 0.29) is 6.61 Å². The number of nitrogens with zero attached hydrogens (tertiary/aromatic N) is 3. The lowest BCUT2D eigenvalue weighted by Gasteiger charge is -2.07. The molecule has 2 rings (SSSR count). The molecule has 2 N–H and O–H groups in total. The fourth-order valence-electron chi connectivity index (χ4n) is 2.00. The summed E-state index contributed by atoms with van der Waals surface area (Å²) in [5, 5.41) is 16.4. The van der Waals surface area contributed by atoms with Gasteiger partial charge in [-0.1, -0.05) is 13.0 Å². The largest absolute Gasteiger partial charge is 0.394 e. The lowest BCUT2D eigenvalue weighted by molar-refractivity contribution is 0.269. The van der Waals surface area contributed by atoms with E-state index < -0.39 is 0 Å². The van der Waals surface area contributed by atoms with Gasteiger partial charge in [0.05, 0.1) is 25.0 Å². The Morgan fingerprint density at radius 2 is 2.26 bits per heavy atom. The third-order valence-corrected chi connectivity index (χ3v) is 3.00. The molecule has 2 aromatic rings. The second-order valence-corrected chi connectivity index (χ2v) is 4.40. The maximum absolute atomic E-state index is 8.83. The average Bonchev–Trinajstić information content (AvgIpc) is 2.87. The number of nitrogens with one attached hydrogen (secondary N) is 1. The predicted molar refractivity (Wildman–Crippen MR) is 73.5 cm³/mol. The number of rotatable bonds is 7. The zero-order chi connectivity index (χ0) is 13.5. The number of aliphatic hydroxyl groups is 1. The van der Waals surface area contributed by atoms with Gasteiger partial charge in [0, 0.05) is 31.0 Å². The molecule has 102 valence electrons. The van der Waals surface area contributed by atoms with Crippen LogP contribution in [0.25, 0.3) is 0 Å². The third-order valence-electron chi connectivity index (χ3n) is 3.00. The smallest absolute Gasteiger partial charge is 0.0640 e. The maximum Gasteiger partial charge on any atom is 0.0640 e. The lowest BCUT2D eigenvalue weighted by Crippen LogP contribution is -2.14. The van der Waals surface area contributed by atoms with Crippen molar-refractivity contribution in [3.8, 4) is 0 Å². The van der Waals surface area contributed by atoms with Crippen molar-refractivity contribution in [1.82, 2.24) is 20.1 Å². The molecule has 0 amide bonds. The first-order chi connectivity index (χ1) is 9.33. The van der Waals surface area contributed by atoms with Crippen LogP contribution in [-0.4, -0.2) is 26.5 Å². The second-order valence-electron chi connectivity index (χ2n) is 4.40. The molecule has 0 bridgehead atoms. The third kappa shape index (κ3) is 3.87. The van der Waals surface area contributed by atoms with E-state index in [1.807, 2.05) is 24.7 Å². The van der Waals surface area contributed by atoms with Crippen LogP contribution >= 0.6 is 0 Å². The van der Waals surface area contributed by atoms with E-state index >= 15 is 0 Å². The Balaban J connectivity index is 1.85. The van der Waals surface area contributed by atoms with Crippen LogP contribution in [0.1, 0.15) is 23.7 Å². The number of aliphatic hydroxyl groups excluding tert-OH is 1. The van der Waals surface area contributed by atoms with Crippen molar-refractivity contribution in [1.29, 1.82) is 0 Å². The minimum Gasteiger partial charge on any atom is -0.394 e. The van der Waals surface area contributed by atoms with Gasteiger partial charge in [-0.05, 0) is 18.1 Å². The summed E-state index contributed by atoms with van der Waals surface area (Å²) in [6.45, 7) is 4.31. The Morgan fingerprint density at radius 1 is 1.37 bits per heavy atom. The van der Waals surface area contributed by atoms with Gasteiger partial charge < -0.3 is 10.4 Å². The molecule has 2 heterocycles. The summed E-state index contributed by atoms with van der Waals surface area (Å²) in [5.41, 5.74) is 3.50. The lowest BCUT2D eigenvalue weighted by atomic mass is 10.1. The van der Waals surface area contributed by atoms with Crippen LogP contribution in [0.3, 0.4) is 0 Å². The molecule has 0 unspecified atom stereocenters. The van der Waals surface area contributed by atoms with Crippen LogP contribution < -0.4 is 5.32 Å². The molecule has 5 nitrogen and oxygen atoms in total. The summed E-state index contributed by atoms with van der Waals surface area (Å²) in [5.74, 6) is 0. The molecule has 0 spiro atoms. The predicted octanol–water partition coefficient (Wildman–Crippen LogP) is 1.12. The van der Waals surface area contributed by atoms with Crippen molar-refractivity contribution in [3.63, 3.8) is 0 Å². The molecule has 0 aliphatic carbocycles. The van der Waals surface area contributed by atoms with Crippen molar-refractivity contribution in [3.05, 3.63) is 47.5 Å². The molecule has 5 heteroatoms. The van der Waals surface area contributed by atoms with Gasteiger partial charge >= 0.3 is 0 Å². The summed E-state index contributed by atoms with van der Waals surface area (Å²) in [7, 11) is 0. The molecule has 2 aromatic heterocycles. The van der Waals surface area contributed by atoms with Gasteiger partial charge in [0.1, 0.15) is 0 Å². The van der Waals surface area contributed by atoms with Gasteiger partial charge in [0.25, 0.3) is 0 Å². The Labute approximate surface area is 113 Å². The van der Waals surface area contributed by atoms with E-state index in [0.29, 0.717) is 6.54 Å². The van der Waals surface area contributed by atoms with Crippen molar-refractivity contribution >= 4 is 0 Å². The van der Waals surface area contributed by atoms with Gasteiger partial charge in [-0.25, -0.2) is 0 Å². The first-order valence-electron chi connectivity index (χ1n) is 6.59. The highest BCUT2D eigenvalue weighted by Crippen LogP contribution is 2.06. The molecular weight excluding hydrogens is 240 g/mol. The Kier molecular flexibility index (Phi) is 5.06. The van der Waals surface area contributed by atoms with E-state index in [4.69, 9.17) is 5.11 Å². The first kappa shape index (κ1) is 13.7. The van der Waals surface area contributed by atoms with E-state index in [0.717, 1.165) is 30.8 Å². The van der Waals surface area contributed by atoms with Crippen molar-refractivity contribution in [2.45, 2.75) is 33.0 Å². The van der Waals surface area contributed by atoms with E-state index in [1.165, 1.54) is 5.56 Å². The van der Waals surface area contributed by atoms with Crippen LogP contribution in [-0.2, 0) is 26.1 Å². The van der Waals surface area contributed by atoms with Crippen LogP contribution in [0.15, 0.2) is 30.7 Å². The highest BCUT2D eigenvalue weighted by molar-refractivity contribution is 5.19. The molecular formula is C14H20N4O. The van der Waals surface area contributed by atoms with Crippen molar-refractivity contribution in [2.24, 2.45) is 0 Å². The molecule has 0 aliphatic heterocycles. The number of hydrogen-bond donors (Lipinski definition) is 2. The standard InChI is InChI=1S/C14H20N4O/c1-2-13-4-3-5-16-14(13)10-15-8-12-9-17-18(11-12)6-7-19/h3-5,9,11,15,19H,2,6-8,10H2,1H3. The Morgan fingerprint density at radius 3 is 3.05 bits per heavy atom. The molecule has 19 heavy (non-hydrogen) atoms. The van der Waals surface area contributed by atoms with Crippen LogP contribution in [0.5, 0.6) is 0 Å². The zero-order valence-corrected chi connectivity index (χ0v) is 11.2. The van der Waals surface area contributed by atoms with E-state index in [1.54, 1.807) is 4.68 Å². The van der Waals surface area contributed by atoms with Crippen LogP contribution in [0, 0.1) is 0 Å². The summed E-state index contributed by atoms with van der Waals surface area (Å²) in [6.07, 6.45) is 6.60. The fraction of sp³-hybridized carbons (Fsp3) is 0.429. The maximum atomic E-state index is 8.83. The molecule has 0 atom stereocenters. The Hall–Kier alpha value is -1.72. The topological polar surface area (TPSA) is 63.0 Å². The molecule has 0 aromatic carbocycles. The quantitative estimate of drug-likeness (QED) is 0.783. The fourth-order valence-corrected chi connectivity index (χ4v) is 2.00. The highest BCUT2D eigenvalue weighted by Gasteiger charge is 2.02. The minimum absolute atomic E-state index is 0.113. The zero-order valence-electron chi connectivity index (χ0n) is 11.2. The minimum atomic E-state index is 0.113. The summed E-state index contributed by atoms with van der Waals surface area (Å²) < 4.78 is 1.75. The first-order valence-corrected chi connectivity index (χ1v) is 6.59. The molecule has 0 fully saturated rings.